The van der Waals surface area contributed by atoms with Gasteiger partial charge in [-0.3, -0.25) is 4.79 Å². The summed E-state index contributed by atoms with van der Waals surface area (Å²) in [5, 5.41) is 0. The molecule has 0 heterocycles. The van der Waals surface area contributed by atoms with E-state index in [-0.39, 0.29) is 5.41 Å². The smallest absolute Gasteiger partial charge is 0.138 e. The van der Waals surface area contributed by atoms with Crippen LogP contribution in [0.4, 0.5) is 0 Å². The first kappa shape index (κ1) is 13.7. The maximum absolute atomic E-state index is 11.1. The summed E-state index contributed by atoms with van der Waals surface area (Å²) in [4.78, 5) is 11.1. The Balaban J connectivity index is 0.000000163. The number of rotatable bonds is 3. The van der Waals surface area contributed by atoms with E-state index in [0.29, 0.717) is 12.2 Å². The minimum absolute atomic E-state index is 0.0885. The molecule has 2 aliphatic carbocycles. The van der Waals surface area contributed by atoms with E-state index in [2.05, 4.69) is 0 Å². The zero-order valence-corrected chi connectivity index (χ0v) is 11.5. The van der Waals surface area contributed by atoms with Crippen molar-refractivity contribution in [1.29, 1.82) is 0 Å². The van der Waals surface area contributed by atoms with Crippen LogP contribution in [-0.4, -0.2) is 5.78 Å². The van der Waals surface area contributed by atoms with Crippen LogP contribution in [0.15, 0.2) is 0 Å². The Labute approximate surface area is 101 Å². The van der Waals surface area contributed by atoms with Crippen molar-refractivity contribution in [3.8, 4) is 0 Å². The summed E-state index contributed by atoms with van der Waals surface area (Å²) in [5.74, 6) is 2.71. The molecule has 16 heavy (non-hydrogen) atoms. The maximum atomic E-state index is 11.1. The number of Topliss-reactive ketones (excluding diaryl/α,β-unsaturated/α-hetero) is 1. The molecule has 0 aliphatic heterocycles. The van der Waals surface area contributed by atoms with E-state index in [0.717, 1.165) is 6.42 Å². The third kappa shape index (κ3) is 3.61. The van der Waals surface area contributed by atoms with Gasteiger partial charge in [0.1, 0.15) is 5.78 Å². The Bertz CT molecular complexity index is 212. The molecule has 0 aromatic carbocycles. The molecule has 0 aromatic rings. The molecule has 0 unspecified atom stereocenters. The summed E-state index contributed by atoms with van der Waals surface area (Å²) < 4.78 is 0. The molecule has 2 aliphatic rings. The monoisotopic (exact) mass is 224 g/mol. The molecular formula is C15H28O. The standard InChI is InChI=1S/C8H16O.C7H12/c1-5-7(9)8(3,4)6-2;1-2-7-4-3-6(1)5-7/h5-6H2,1-4H3;6-7H,1-5H2. The summed E-state index contributed by atoms with van der Waals surface area (Å²) >= 11 is 0. The topological polar surface area (TPSA) is 17.1 Å². The van der Waals surface area contributed by atoms with Gasteiger partial charge in [0.15, 0.2) is 0 Å². The number of ketones is 1. The van der Waals surface area contributed by atoms with E-state index >= 15 is 0 Å². The molecule has 0 spiro atoms. The van der Waals surface area contributed by atoms with Crippen molar-refractivity contribution in [3.05, 3.63) is 0 Å². The van der Waals surface area contributed by atoms with E-state index in [1.807, 2.05) is 27.7 Å². The molecule has 0 amide bonds. The van der Waals surface area contributed by atoms with Gasteiger partial charge in [-0.1, -0.05) is 53.4 Å². The summed E-state index contributed by atoms with van der Waals surface area (Å²) in [6.45, 7) is 7.96. The first-order valence-corrected chi connectivity index (χ1v) is 7.02. The lowest BCUT2D eigenvalue weighted by Gasteiger charge is -2.19. The second-order valence-corrected chi connectivity index (χ2v) is 6.14. The highest BCUT2D eigenvalue weighted by Gasteiger charge is 2.30. The molecular weight excluding hydrogens is 196 g/mol. The van der Waals surface area contributed by atoms with Crippen LogP contribution in [0.25, 0.3) is 0 Å². The minimum Gasteiger partial charge on any atom is -0.299 e. The quantitative estimate of drug-likeness (QED) is 0.685. The van der Waals surface area contributed by atoms with Gasteiger partial charge in [-0.15, -0.1) is 0 Å². The number of hydrogen-bond acceptors (Lipinski definition) is 1. The molecule has 1 heteroatoms. The zero-order chi connectivity index (χ0) is 12.2. The fourth-order valence-corrected chi connectivity index (χ4v) is 2.85. The molecule has 0 atom stereocenters. The molecule has 2 bridgehead atoms. The van der Waals surface area contributed by atoms with Gasteiger partial charge in [0.25, 0.3) is 0 Å². The van der Waals surface area contributed by atoms with Crippen LogP contribution in [0.3, 0.4) is 0 Å². The number of carbonyl (C=O) groups is 1. The van der Waals surface area contributed by atoms with Crippen LogP contribution in [0.2, 0.25) is 0 Å². The lowest BCUT2D eigenvalue weighted by molar-refractivity contribution is -0.126. The largest absolute Gasteiger partial charge is 0.299 e. The molecule has 0 aromatic heterocycles. The van der Waals surface area contributed by atoms with E-state index < -0.39 is 0 Å². The van der Waals surface area contributed by atoms with Gasteiger partial charge >= 0.3 is 0 Å². The SMILES string of the molecule is C1CC2CCC1C2.CCC(=O)C(C)(C)CC. The van der Waals surface area contributed by atoms with Crippen molar-refractivity contribution in [1.82, 2.24) is 0 Å². The highest BCUT2D eigenvalue weighted by molar-refractivity contribution is 5.83. The second-order valence-electron chi connectivity index (χ2n) is 6.14. The fraction of sp³-hybridized carbons (Fsp3) is 0.933. The summed E-state index contributed by atoms with van der Waals surface area (Å²) in [6, 6.07) is 0. The van der Waals surface area contributed by atoms with Crippen LogP contribution in [0, 0.1) is 17.3 Å². The predicted octanol–water partition coefficient (Wildman–Crippen LogP) is 4.60. The first-order valence-electron chi connectivity index (χ1n) is 7.02. The molecule has 0 saturated heterocycles. The third-order valence-corrected chi connectivity index (χ3v) is 4.59. The third-order valence-electron chi connectivity index (χ3n) is 4.59. The molecule has 1 nitrogen and oxygen atoms in total. The maximum Gasteiger partial charge on any atom is 0.138 e. The molecule has 0 radical (unpaired) electrons. The van der Waals surface area contributed by atoms with Gasteiger partial charge in [-0.2, -0.15) is 0 Å². The van der Waals surface area contributed by atoms with E-state index in [1.165, 1.54) is 11.8 Å². The number of hydrogen-bond donors (Lipinski definition) is 0. The van der Waals surface area contributed by atoms with Crippen molar-refractivity contribution in [2.45, 2.75) is 72.6 Å². The van der Waals surface area contributed by atoms with Crippen LogP contribution in [0.1, 0.15) is 72.6 Å². The summed E-state index contributed by atoms with van der Waals surface area (Å²) in [5.41, 5.74) is -0.0885. The van der Waals surface area contributed by atoms with Crippen LogP contribution in [0.5, 0.6) is 0 Å². The molecule has 2 rings (SSSR count). The van der Waals surface area contributed by atoms with Gasteiger partial charge in [0.05, 0.1) is 0 Å². The fourth-order valence-electron chi connectivity index (χ4n) is 2.85. The van der Waals surface area contributed by atoms with Crippen LogP contribution in [-0.2, 0) is 4.79 Å². The van der Waals surface area contributed by atoms with Crippen molar-refractivity contribution >= 4 is 5.78 Å². The highest BCUT2D eigenvalue weighted by atomic mass is 16.1. The predicted molar refractivity (Wildman–Crippen MR) is 69.4 cm³/mol. The van der Waals surface area contributed by atoms with Gasteiger partial charge in [0.2, 0.25) is 0 Å². The average molecular weight is 224 g/mol. The lowest BCUT2D eigenvalue weighted by Crippen LogP contribution is -2.21. The second kappa shape index (κ2) is 5.84. The molecule has 2 fully saturated rings. The van der Waals surface area contributed by atoms with Crippen molar-refractivity contribution in [2.75, 3.05) is 0 Å². The zero-order valence-electron chi connectivity index (χ0n) is 11.5. The minimum atomic E-state index is -0.0885. The van der Waals surface area contributed by atoms with Gasteiger partial charge in [0, 0.05) is 11.8 Å². The van der Waals surface area contributed by atoms with Gasteiger partial charge in [-0.25, -0.2) is 0 Å². The Kier molecular flexibility index (Phi) is 5.01. The molecule has 0 N–H and O–H groups in total. The summed E-state index contributed by atoms with van der Waals surface area (Å²) in [6.07, 6.45) is 9.44. The molecule has 94 valence electrons. The van der Waals surface area contributed by atoms with Gasteiger partial charge in [-0.05, 0) is 24.7 Å². The Morgan fingerprint density at radius 2 is 1.50 bits per heavy atom. The van der Waals surface area contributed by atoms with Gasteiger partial charge < -0.3 is 0 Å². The van der Waals surface area contributed by atoms with E-state index in [4.69, 9.17) is 0 Å². The Morgan fingerprint density at radius 3 is 1.62 bits per heavy atom. The van der Waals surface area contributed by atoms with Crippen molar-refractivity contribution in [3.63, 3.8) is 0 Å². The number of fused-ring (bicyclic) bond motifs is 2. The Hall–Kier alpha value is -0.330. The number of carbonyl (C=O) groups excluding carboxylic acids is 1. The molecule has 2 saturated carbocycles. The van der Waals surface area contributed by atoms with Crippen molar-refractivity contribution in [2.24, 2.45) is 17.3 Å². The Morgan fingerprint density at radius 1 is 1.06 bits per heavy atom. The summed E-state index contributed by atoms with van der Waals surface area (Å²) in [7, 11) is 0. The van der Waals surface area contributed by atoms with Crippen LogP contribution >= 0.6 is 0 Å². The first-order chi connectivity index (χ1) is 7.49. The van der Waals surface area contributed by atoms with Crippen molar-refractivity contribution < 1.29 is 4.79 Å². The van der Waals surface area contributed by atoms with Crippen LogP contribution < -0.4 is 0 Å². The normalized spacial score (nSPS) is 27.5. The van der Waals surface area contributed by atoms with E-state index in [1.54, 1.807) is 32.1 Å². The average Bonchev–Trinajstić information content (AvgIpc) is 2.93. The lowest BCUT2D eigenvalue weighted by atomic mass is 9.84. The van der Waals surface area contributed by atoms with E-state index in [9.17, 15) is 4.79 Å². The highest BCUT2D eigenvalue weighted by Crippen LogP contribution is 2.43.